The first-order chi connectivity index (χ1) is 21.0. The lowest BCUT2D eigenvalue weighted by atomic mass is 9.90. The molecule has 0 spiro atoms. The Bertz CT molecular complexity index is 1020. The molecular weight excluding hydrogens is 540 g/mol. The first kappa shape index (κ1) is 36.8. The second kappa shape index (κ2) is 22.2. The van der Waals surface area contributed by atoms with Crippen LogP contribution in [0, 0.1) is 12.8 Å². The number of carboxylic acid groups (broad SMARTS) is 1. The lowest BCUT2D eigenvalue weighted by Gasteiger charge is -2.29. The minimum absolute atomic E-state index is 0.0820. The zero-order chi connectivity index (χ0) is 31.3. The number of rotatable bonds is 8. The summed E-state index contributed by atoms with van der Waals surface area (Å²) in [5.41, 5.74) is 3.08. The van der Waals surface area contributed by atoms with Crippen molar-refractivity contribution in [2.24, 2.45) is 5.92 Å². The normalized spacial score (nSPS) is 20.8. The van der Waals surface area contributed by atoms with Gasteiger partial charge >= 0.3 is 5.97 Å². The quantitative estimate of drug-likeness (QED) is 0.347. The zero-order valence-corrected chi connectivity index (χ0v) is 27.6. The molecule has 2 atom stereocenters. The molecule has 8 nitrogen and oxygen atoms in total. The van der Waals surface area contributed by atoms with Gasteiger partial charge < -0.3 is 14.6 Å². The highest BCUT2D eigenvalue weighted by Crippen LogP contribution is 2.24. The van der Waals surface area contributed by atoms with Crippen molar-refractivity contribution in [3.63, 3.8) is 0 Å². The average Bonchev–Trinajstić information content (AvgIpc) is 3.00. The number of aryl methyl sites for hydroxylation is 1. The van der Waals surface area contributed by atoms with Crippen molar-refractivity contribution in [1.82, 2.24) is 19.8 Å². The molecule has 242 valence electrons. The van der Waals surface area contributed by atoms with Gasteiger partial charge in [0.2, 0.25) is 0 Å². The Morgan fingerprint density at radius 3 is 2.23 bits per heavy atom. The molecule has 3 heterocycles. The maximum atomic E-state index is 11.4. The molecule has 0 bridgehead atoms. The van der Waals surface area contributed by atoms with Crippen LogP contribution in [0.4, 0.5) is 0 Å². The van der Waals surface area contributed by atoms with Crippen LogP contribution in [-0.4, -0.2) is 82.9 Å². The van der Waals surface area contributed by atoms with Gasteiger partial charge in [-0.2, -0.15) is 0 Å². The second-order valence-corrected chi connectivity index (χ2v) is 11.3. The van der Waals surface area contributed by atoms with Crippen LogP contribution in [0.25, 0.3) is 0 Å². The molecule has 0 saturated carbocycles. The van der Waals surface area contributed by atoms with E-state index in [1.165, 1.54) is 18.9 Å². The summed E-state index contributed by atoms with van der Waals surface area (Å²) >= 11 is 0. The number of ether oxygens (including phenoxy) is 2. The Kier molecular flexibility index (Phi) is 19.0. The fourth-order valence-corrected chi connectivity index (χ4v) is 5.77. The van der Waals surface area contributed by atoms with Crippen LogP contribution < -0.4 is 0 Å². The van der Waals surface area contributed by atoms with E-state index in [0.717, 1.165) is 94.9 Å². The van der Waals surface area contributed by atoms with Crippen LogP contribution >= 0.6 is 0 Å². The molecule has 2 aromatic heterocycles. The topological polar surface area (TPSA) is 88.0 Å². The van der Waals surface area contributed by atoms with Crippen molar-refractivity contribution in [2.45, 2.75) is 105 Å². The Morgan fingerprint density at radius 2 is 1.53 bits per heavy atom. The van der Waals surface area contributed by atoms with Crippen molar-refractivity contribution < 1.29 is 19.4 Å². The summed E-state index contributed by atoms with van der Waals surface area (Å²) in [5, 5.41) is 9.35. The smallest absolute Gasteiger partial charge is 0.354 e. The molecule has 0 amide bonds. The SMILES string of the molecule is CC.CCCC1CCCN(Cc2cccc(C)n2)CCCCCOCCN(Cc2cccc(C(=O)O)n2)CCOC1CC. The van der Waals surface area contributed by atoms with Gasteiger partial charge in [0.15, 0.2) is 0 Å². The van der Waals surface area contributed by atoms with E-state index < -0.39 is 5.97 Å². The van der Waals surface area contributed by atoms with Gasteiger partial charge in [-0.3, -0.25) is 14.8 Å². The molecule has 0 aromatic carbocycles. The molecule has 1 N–H and O–H groups in total. The van der Waals surface area contributed by atoms with E-state index in [1.807, 2.05) is 19.9 Å². The standard InChI is InChI=1S/C33H52N4O4.C2H6/c1-4-12-28-14-11-19-36(25-29-15-9-13-27(3)34-29)18-7-6-8-22-40-23-20-37(21-24-41-32(28)5-2)26-30-16-10-17-31(35-30)33(38)39;1-2/h9-10,13,15-17,28,32H,4-8,11-12,14,18-26H2,1-3H3,(H,38,39);1-2H3. The maximum Gasteiger partial charge on any atom is 0.354 e. The molecule has 0 radical (unpaired) electrons. The third-order valence-corrected chi connectivity index (χ3v) is 7.93. The number of hydrogen-bond donors (Lipinski definition) is 1. The third-order valence-electron chi connectivity index (χ3n) is 7.93. The third kappa shape index (κ3) is 14.8. The maximum absolute atomic E-state index is 11.4. The minimum Gasteiger partial charge on any atom is -0.477 e. The monoisotopic (exact) mass is 598 g/mol. The predicted octanol–water partition coefficient (Wildman–Crippen LogP) is 7.01. The molecular formula is C35H58N4O4. The molecule has 1 saturated heterocycles. The zero-order valence-electron chi connectivity index (χ0n) is 27.6. The molecule has 43 heavy (non-hydrogen) atoms. The fourth-order valence-electron chi connectivity index (χ4n) is 5.77. The lowest BCUT2D eigenvalue weighted by Crippen LogP contribution is -2.34. The molecule has 3 rings (SSSR count). The molecule has 2 aromatic rings. The van der Waals surface area contributed by atoms with Gasteiger partial charge in [0.1, 0.15) is 5.69 Å². The average molecular weight is 599 g/mol. The van der Waals surface area contributed by atoms with Gasteiger partial charge in [0.05, 0.1) is 30.7 Å². The molecule has 0 aliphatic carbocycles. The Morgan fingerprint density at radius 1 is 0.860 bits per heavy atom. The summed E-state index contributed by atoms with van der Waals surface area (Å²) in [4.78, 5) is 25.4. The molecule has 1 aliphatic rings. The molecule has 1 fully saturated rings. The van der Waals surface area contributed by atoms with E-state index in [1.54, 1.807) is 6.07 Å². The molecule has 1 aliphatic heterocycles. The first-order valence-electron chi connectivity index (χ1n) is 16.7. The summed E-state index contributed by atoms with van der Waals surface area (Å²) in [6.07, 6.45) is 9.30. The number of carbonyl (C=O) groups is 1. The van der Waals surface area contributed by atoms with Crippen LogP contribution in [0.1, 0.15) is 107 Å². The van der Waals surface area contributed by atoms with Crippen LogP contribution in [0.5, 0.6) is 0 Å². The number of aromatic nitrogens is 2. The summed E-state index contributed by atoms with van der Waals surface area (Å²) in [7, 11) is 0. The van der Waals surface area contributed by atoms with Crippen LogP contribution in [0.3, 0.4) is 0 Å². The van der Waals surface area contributed by atoms with E-state index in [4.69, 9.17) is 14.5 Å². The Hall–Kier alpha value is -2.39. The van der Waals surface area contributed by atoms with Crippen molar-refractivity contribution in [2.75, 3.05) is 46.0 Å². The van der Waals surface area contributed by atoms with Gasteiger partial charge in [-0.05, 0) is 95.1 Å². The van der Waals surface area contributed by atoms with Gasteiger partial charge in [-0.25, -0.2) is 9.78 Å². The van der Waals surface area contributed by atoms with E-state index in [-0.39, 0.29) is 11.8 Å². The number of carboxylic acids is 1. The highest BCUT2D eigenvalue weighted by molar-refractivity contribution is 5.85. The highest BCUT2D eigenvalue weighted by Gasteiger charge is 2.21. The van der Waals surface area contributed by atoms with Gasteiger partial charge in [0.25, 0.3) is 0 Å². The predicted molar refractivity (Wildman–Crippen MR) is 174 cm³/mol. The van der Waals surface area contributed by atoms with Gasteiger partial charge in [-0.1, -0.05) is 46.2 Å². The van der Waals surface area contributed by atoms with Crippen molar-refractivity contribution >= 4 is 5.97 Å². The van der Waals surface area contributed by atoms with Crippen molar-refractivity contribution in [1.29, 1.82) is 0 Å². The van der Waals surface area contributed by atoms with E-state index >= 15 is 0 Å². The summed E-state index contributed by atoms with van der Waals surface area (Å²) < 4.78 is 12.6. The summed E-state index contributed by atoms with van der Waals surface area (Å²) in [5.74, 6) is -0.450. The number of aromatic carboxylic acids is 1. The van der Waals surface area contributed by atoms with Crippen LogP contribution in [0.2, 0.25) is 0 Å². The highest BCUT2D eigenvalue weighted by atomic mass is 16.5. The van der Waals surface area contributed by atoms with Gasteiger partial charge in [-0.15, -0.1) is 0 Å². The van der Waals surface area contributed by atoms with E-state index in [9.17, 15) is 9.90 Å². The Balaban J connectivity index is 0.00000316. The molecule has 2 unspecified atom stereocenters. The first-order valence-corrected chi connectivity index (χ1v) is 16.7. The fraction of sp³-hybridized carbons (Fsp3) is 0.686. The van der Waals surface area contributed by atoms with Crippen molar-refractivity contribution in [3.8, 4) is 0 Å². The van der Waals surface area contributed by atoms with E-state index in [0.29, 0.717) is 25.7 Å². The second-order valence-electron chi connectivity index (χ2n) is 11.3. The number of nitrogens with zero attached hydrogens (tertiary/aromatic N) is 4. The lowest BCUT2D eigenvalue weighted by molar-refractivity contribution is -0.0111. The number of pyridine rings is 2. The van der Waals surface area contributed by atoms with Gasteiger partial charge in [0, 0.05) is 38.5 Å². The summed E-state index contributed by atoms with van der Waals surface area (Å²) in [6, 6.07) is 11.5. The summed E-state index contributed by atoms with van der Waals surface area (Å²) in [6.45, 7) is 17.8. The van der Waals surface area contributed by atoms with Crippen LogP contribution in [0.15, 0.2) is 36.4 Å². The largest absolute Gasteiger partial charge is 0.477 e. The van der Waals surface area contributed by atoms with Crippen LogP contribution in [-0.2, 0) is 22.6 Å². The molecule has 8 heteroatoms. The Labute approximate surface area is 261 Å². The van der Waals surface area contributed by atoms with Crippen molar-refractivity contribution in [3.05, 3.63) is 59.2 Å². The number of hydrogen-bond acceptors (Lipinski definition) is 7. The minimum atomic E-state index is -0.999. The van der Waals surface area contributed by atoms with E-state index in [2.05, 4.69) is 53.8 Å².